The minimum atomic E-state index is -0.111. The van der Waals surface area contributed by atoms with Gasteiger partial charge in [-0.2, -0.15) is 0 Å². The number of aromatic nitrogens is 1. The van der Waals surface area contributed by atoms with Gasteiger partial charge in [0.1, 0.15) is 0 Å². The number of hydrogen-bond acceptors (Lipinski definition) is 2. The first-order chi connectivity index (χ1) is 13.6. The third-order valence-electron chi connectivity index (χ3n) is 5.72. The van der Waals surface area contributed by atoms with Crippen LogP contribution < -0.4 is 5.56 Å². The van der Waals surface area contributed by atoms with Gasteiger partial charge in [-0.25, -0.2) is 0 Å². The Balaban J connectivity index is 1.70. The summed E-state index contributed by atoms with van der Waals surface area (Å²) in [5, 5.41) is 0.996. The highest BCUT2D eigenvalue weighted by atomic mass is 16.2. The van der Waals surface area contributed by atoms with Crippen LogP contribution in [0.15, 0.2) is 59.4 Å². The Labute approximate surface area is 165 Å². The second kappa shape index (κ2) is 8.01. The number of benzene rings is 2. The number of aryl methyl sites for hydroxylation is 1. The number of H-pyrrole nitrogens is 1. The van der Waals surface area contributed by atoms with Gasteiger partial charge < -0.3 is 9.88 Å². The number of rotatable bonds is 4. The highest BCUT2D eigenvalue weighted by Gasteiger charge is 2.27. The molecule has 0 atom stereocenters. The highest BCUT2D eigenvalue weighted by Crippen LogP contribution is 2.26. The van der Waals surface area contributed by atoms with Crippen LogP contribution in [0.5, 0.6) is 0 Å². The Morgan fingerprint density at radius 3 is 2.54 bits per heavy atom. The molecule has 0 aliphatic heterocycles. The molecule has 4 rings (SSSR count). The molecule has 1 fully saturated rings. The minimum Gasteiger partial charge on any atom is -0.331 e. The number of amides is 1. The third kappa shape index (κ3) is 3.86. The van der Waals surface area contributed by atoms with Crippen LogP contribution in [0.25, 0.3) is 10.9 Å². The van der Waals surface area contributed by atoms with Gasteiger partial charge in [0, 0.05) is 22.7 Å². The quantitative estimate of drug-likeness (QED) is 0.712. The molecule has 28 heavy (non-hydrogen) atoms. The summed E-state index contributed by atoms with van der Waals surface area (Å²) in [6.07, 6.45) is 5.50. The van der Waals surface area contributed by atoms with Crippen molar-refractivity contribution in [1.82, 2.24) is 9.88 Å². The number of nitrogens with zero attached hydrogens (tertiary/aromatic N) is 1. The van der Waals surface area contributed by atoms with Crippen molar-refractivity contribution in [2.24, 2.45) is 0 Å². The van der Waals surface area contributed by atoms with E-state index in [0.717, 1.165) is 42.1 Å². The molecular weight excluding hydrogens is 348 g/mol. The minimum absolute atomic E-state index is 0.0101. The van der Waals surface area contributed by atoms with Crippen molar-refractivity contribution in [2.45, 2.75) is 51.6 Å². The summed E-state index contributed by atoms with van der Waals surface area (Å²) in [4.78, 5) is 30.9. The van der Waals surface area contributed by atoms with E-state index in [-0.39, 0.29) is 17.5 Å². The number of nitrogens with one attached hydrogen (secondary N) is 1. The maximum Gasteiger partial charge on any atom is 0.254 e. The Kier molecular flexibility index (Phi) is 5.29. The molecule has 1 aromatic heterocycles. The topological polar surface area (TPSA) is 53.2 Å². The lowest BCUT2D eigenvalue weighted by Crippen LogP contribution is -2.42. The number of pyridine rings is 1. The molecule has 0 saturated heterocycles. The highest BCUT2D eigenvalue weighted by molar-refractivity contribution is 5.94. The van der Waals surface area contributed by atoms with E-state index in [1.165, 1.54) is 6.42 Å². The molecule has 0 bridgehead atoms. The summed E-state index contributed by atoms with van der Waals surface area (Å²) in [7, 11) is 0. The smallest absolute Gasteiger partial charge is 0.254 e. The largest absolute Gasteiger partial charge is 0.331 e. The first kappa shape index (κ1) is 18.5. The van der Waals surface area contributed by atoms with Gasteiger partial charge in [-0.05, 0) is 55.0 Å². The van der Waals surface area contributed by atoms with Gasteiger partial charge in [-0.3, -0.25) is 9.59 Å². The van der Waals surface area contributed by atoms with Gasteiger partial charge in [-0.1, -0.05) is 49.6 Å². The van der Waals surface area contributed by atoms with Crippen molar-refractivity contribution in [3.63, 3.8) is 0 Å². The molecule has 144 valence electrons. The average molecular weight is 374 g/mol. The summed E-state index contributed by atoms with van der Waals surface area (Å²) >= 11 is 0. The van der Waals surface area contributed by atoms with Crippen LogP contribution in [0.2, 0.25) is 0 Å². The van der Waals surface area contributed by atoms with E-state index in [4.69, 9.17) is 0 Å². The fraction of sp³-hybridized carbons (Fsp3) is 0.333. The number of fused-ring (bicyclic) bond motifs is 1. The van der Waals surface area contributed by atoms with Crippen molar-refractivity contribution < 1.29 is 4.79 Å². The van der Waals surface area contributed by atoms with Gasteiger partial charge >= 0.3 is 0 Å². The van der Waals surface area contributed by atoms with E-state index in [1.807, 2.05) is 66.4 Å². The van der Waals surface area contributed by atoms with Crippen LogP contribution in [0, 0.1) is 6.92 Å². The van der Waals surface area contributed by atoms with E-state index in [0.29, 0.717) is 17.7 Å². The summed E-state index contributed by atoms with van der Waals surface area (Å²) in [5.41, 5.74) is 3.17. The number of hydrogen-bond donors (Lipinski definition) is 1. The second-order valence-electron chi connectivity index (χ2n) is 7.81. The zero-order valence-corrected chi connectivity index (χ0v) is 16.3. The molecule has 0 spiro atoms. The maximum atomic E-state index is 13.3. The zero-order chi connectivity index (χ0) is 19.5. The Morgan fingerprint density at radius 2 is 1.79 bits per heavy atom. The predicted molar refractivity (Wildman–Crippen MR) is 112 cm³/mol. The lowest BCUT2D eigenvalue weighted by atomic mass is 9.93. The van der Waals surface area contributed by atoms with Crippen LogP contribution in [0.3, 0.4) is 0 Å². The standard InChI is InChI=1S/C24H26N2O2/c1-17-12-13-19-15-20(23(27)25-22(19)14-17)16-26(21-10-6-3-7-11-21)24(28)18-8-4-2-5-9-18/h2,4-5,8-9,12-15,21H,3,6-7,10-11,16H2,1H3,(H,25,27). The SMILES string of the molecule is Cc1ccc2cc(CN(C(=O)c3ccccc3)C3CCCCC3)c(=O)[nH]c2c1. The molecule has 1 aliphatic rings. The molecule has 4 heteroatoms. The van der Waals surface area contributed by atoms with Crippen LogP contribution in [0.4, 0.5) is 0 Å². The molecule has 2 aromatic carbocycles. The summed E-state index contributed by atoms with van der Waals surface area (Å²) in [5.74, 6) is 0.0101. The van der Waals surface area contributed by atoms with Crippen molar-refractivity contribution in [2.75, 3.05) is 0 Å². The molecule has 1 amide bonds. The van der Waals surface area contributed by atoms with Crippen LogP contribution in [-0.2, 0) is 6.54 Å². The lowest BCUT2D eigenvalue weighted by Gasteiger charge is -2.34. The van der Waals surface area contributed by atoms with E-state index in [2.05, 4.69) is 4.98 Å². The molecule has 0 unspecified atom stereocenters. The van der Waals surface area contributed by atoms with Gasteiger partial charge in [0.05, 0.1) is 6.54 Å². The van der Waals surface area contributed by atoms with Crippen molar-refractivity contribution in [1.29, 1.82) is 0 Å². The fourth-order valence-corrected chi connectivity index (χ4v) is 4.17. The predicted octanol–water partition coefficient (Wildman–Crippen LogP) is 4.81. The van der Waals surface area contributed by atoms with Gasteiger partial charge in [-0.15, -0.1) is 0 Å². The first-order valence-corrected chi connectivity index (χ1v) is 10.1. The Hall–Kier alpha value is -2.88. The van der Waals surface area contributed by atoms with Crippen molar-refractivity contribution >= 4 is 16.8 Å². The van der Waals surface area contributed by atoms with Gasteiger partial charge in [0.2, 0.25) is 0 Å². The Morgan fingerprint density at radius 1 is 1.04 bits per heavy atom. The van der Waals surface area contributed by atoms with Gasteiger partial charge in [0.25, 0.3) is 11.5 Å². The maximum absolute atomic E-state index is 13.3. The van der Waals surface area contributed by atoms with Crippen LogP contribution in [-0.4, -0.2) is 21.8 Å². The summed E-state index contributed by atoms with van der Waals surface area (Å²) < 4.78 is 0. The summed E-state index contributed by atoms with van der Waals surface area (Å²) in [6.45, 7) is 2.35. The van der Waals surface area contributed by atoms with E-state index >= 15 is 0 Å². The van der Waals surface area contributed by atoms with Crippen molar-refractivity contribution in [3.8, 4) is 0 Å². The normalized spacial score (nSPS) is 14.9. The number of carbonyl (C=O) groups is 1. The molecule has 3 aromatic rings. The Bertz CT molecular complexity index is 1030. The molecule has 1 heterocycles. The number of carbonyl (C=O) groups excluding carboxylic acids is 1. The summed E-state index contributed by atoms with van der Waals surface area (Å²) in [6, 6.07) is 17.6. The fourth-order valence-electron chi connectivity index (χ4n) is 4.17. The monoisotopic (exact) mass is 374 g/mol. The molecule has 0 radical (unpaired) electrons. The van der Waals surface area contributed by atoms with E-state index < -0.39 is 0 Å². The number of aromatic amines is 1. The third-order valence-corrected chi connectivity index (χ3v) is 5.72. The molecule has 4 nitrogen and oxygen atoms in total. The van der Waals surface area contributed by atoms with E-state index in [1.54, 1.807) is 0 Å². The second-order valence-corrected chi connectivity index (χ2v) is 7.81. The van der Waals surface area contributed by atoms with Crippen molar-refractivity contribution in [3.05, 3.63) is 81.6 Å². The molecule has 1 saturated carbocycles. The van der Waals surface area contributed by atoms with Crippen LogP contribution in [0.1, 0.15) is 53.6 Å². The lowest BCUT2D eigenvalue weighted by molar-refractivity contribution is 0.0613. The average Bonchev–Trinajstić information content (AvgIpc) is 2.73. The van der Waals surface area contributed by atoms with Gasteiger partial charge in [0.15, 0.2) is 0 Å². The first-order valence-electron chi connectivity index (χ1n) is 10.1. The van der Waals surface area contributed by atoms with E-state index in [9.17, 15) is 9.59 Å². The zero-order valence-electron chi connectivity index (χ0n) is 16.3. The molecule has 1 N–H and O–H groups in total. The molecular formula is C24H26N2O2. The molecule has 1 aliphatic carbocycles. The van der Waals surface area contributed by atoms with Crippen LogP contribution >= 0.6 is 0 Å².